The Labute approximate surface area is 74.1 Å². The predicted molar refractivity (Wildman–Crippen MR) is 42.5 cm³/mol. The van der Waals surface area contributed by atoms with Gasteiger partial charge in [0.1, 0.15) is 11.3 Å². The fourth-order valence-corrected chi connectivity index (χ4v) is 1.07. The number of alkyl halides is 3. The zero-order valence-corrected chi connectivity index (χ0v) is 6.98. The van der Waals surface area contributed by atoms with Crippen LogP contribution in [0.5, 0.6) is 5.75 Å². The SMILES string of the molecule is [CH2]c1cccc(OC)c1C(F)(F)F. The van der Waals surface area contributed by atoms with Crippen LogP contribution >= 0.6 is 0 Å². The fraction of sp³-hybridized carbons (Fsp3) is 0.222. The quantitative estimate of drug-likeness (QED) is 0.660. The lowest BCUT2D eigenvalue weighted by Gasteiger charge is -2.13. The molecule has 0 heterocycles. The largest absolute Gasteiger partial charge is 0.496 e. The van der Waals surface area contributed by atoms with Crippen LogP contribution in [0.3, 0.4) is 0 Å². The first kappa shape index (κ1) is 9.89. The van der Waals surface area contributed by atoms with Crippen LogP contribution < -0.4 is 4.74 Å². The van der Waals surface area contributed by atoms with Crippen molar-refractivity contribution in [2.24, 2.45) is 0 Å². The zero-order valence-electron chi connectivity index (χ0n) is 6.98. The average Bonchev–Trinajstić information content (AvgIpc) is 2.01. The standard InChI is InChI=1S/C9H8F3O/c1-6-4-3-5-7(13-2)8(6)9(10,11)12/h3-5H,1H2,2H3. The molecule has 0 saturated carbocycles. The molecule has 0 aliphatic carbocycles. The van der Waals surface area contributed by atoms with Crippen LogP contribution in [0.4, 0.5) is 13.2 Å². The molecule has 1 aromatic carbocycles. The van der Waals surface area contributed by atoms with E-state index >= 15 is 0 Å². The first-order valence-corrected chi connectivity index (χ1v) is 3.53. The van der Waals surface area contributed by atoms with Crippen LogP contribution in [0, 0.1) is 6.92 Å². The van der Waals surface area contributed by atoms with Gasteiger partial charge in [-0.1, -0.05) is 12.1 Å². The maximum Gasteiger partial charge on any atom is 0.420 e. The molecule has 1 nitrogen and oxygen atoms in total. The lowest BCUT2D eigenvalue weighted by atomic mass is 10.1. The zero-order chi connectivity index (χ0) is 10.1. The number of hydrogen-bond donors (Lipinski definition) is 0. The molecule has 0 amide bonds. The summed E-state index contributed by atoms with van der Waals surface area (Å²) in [5, 5.41) is 0. The maximum atomic E-state index is 12.4. The van der Waals surface area contributed by atoms with Crippen LogP contribution in [0.1, 0.15) is 11.1 Å². The highest BCUT2D eigenvalue weighted by molar-refractivity contribution is 5.43. The fourth-order valence-electron chi connectivity index (χ4n) is 1.07. The second-order valence-corrected chi connectivity index (χ2v) is 2.49. The van der Waals surface area contributed by atoms with Crippen molar-refractivity contribution in [1.29, 1.82) is 0 Å². The molecular weight excluding hydrogens is 181 g/mol. The topological polar surface area (TPSA) is 9.23 Å². The molecule has 0 aliphatic heterocycles. The molecule has 0 unspecified atom stereocenters. The van der Waals surface area contributed by atoms with Crippen molar-refractivity contribution >= 4 is 0 Å². The normalized spacial score (nSPS) is 11.5. The minimum absolute atomic E-state index is 0.0770. The van der Waals surface area contributed by atoms with E-state index in [2.05, 4.69) is 11.7 Å². The van der Waals surface area contributed by atoms with Gasteiger partial charge in [-0.2, -0.15) is 13.2 Å². The third kappa shape index (κ3) is 1.94. The lowest BCUT2D eigenvalue weighted by molar-refractivity contribution is -0.139. The van der Waals surface area contributed by atoms with Crippen LogP contribution in [0.2, 0.25) is 0 Å². The first-order valence-electron chi connectivity index (χ1n) is 3.53. The van der Waals surface area contributed by atoms with Crippen LogP contribution in [0.15, 0.2) is 18.2 Å². The van der Waals surface area contributed by atoms with Crippen molar-refractivity contribution in [3.05, 3.63) is 36.2 Å². The molecule has 0 aliphatic rings. The highest BCUT2D eigenvalue weighted by atomic mass is 19.4. The molecule has 0 N–H and O–H groups in total. The van der Waals surface area contributed by atoms with Crippen molar-refractivity contribution in [3.63, 3.8) is 0 Å². The van der Waals surface area contributed by atoms with Crippen molar-refractivity contribution in [2.75, 3.05) is 7.11 Å². The van der Waals surface area contributed by atoms with Gasteiger partial charge >= 0.3 is 6.18 Å². The average molecular weight is 189 g/mol. The Bertz CT molecular complexity index is 304. The molecule has 0 saturated heterocycles. The van der Waals surface area contributed by atoms with E-state index in [1.807, 2.05) is 0 Å². The molecule has 0 bridgehead atoms. The summed E-state index contributed by atoms with van der Waals surface area (Å²) in [4.78, 5) is 0. The van der Waals surface area contributed by atoms with Crippen LogP contribution in [-0.4, -0.2) is 7.11 Å². The summed E-state index contributed by atoms with van der Waals surface area (Å²) < 4.78 is 41.7. The van der Waals surface area contributed by atoms with E-state index < -0.39 is 11.7 Å². The third-order valence-electron chi connectivity index (χ3n) is 1.62. The van der Waals surface area contributed by atoms with Gasteiger partial charge in [0.25, 0.3) is 0 Å². The number of halogens is 3. The number of benzene rings is 1. The Hall–Kier alpha value is -1.19. The summed E-state index contributed by atoms with van der Waals surface area (Å²) in [5.41, 5.74) is -0.885. The van der Waals surface area contributed by atoms with Gasteiger partial charge in [0, 0.05) is 0 Å². The molecule has 1 rings (SSSR count). The highest BCUT2D eigenvalue weighted by Gasteiger charge is 2.35. The van der Waals surface area contributed by atoms with E-state index in [9.17, 15) is 13.2 Å². The van der Waals surface area contributed by atoms with Crippen LogP contribution in [0.25, 0.3) is 0 Å². The van der Waals surface area contributed by atoms with E-state index in [-0.39, 0.29) is 11.3 Å². The second kappa shape index (κ2) is 3.28. The molecule has 0 aromatic heterocycles. The second-order valence-electron chi connectivity index (χ2n) is 2.49. The van der Waals surface area contributed by atoms with E-state index in [1.165, 1.54) is 25.3 Å². The summed E-state index contributed by atoms with van der Waals surface area (Å²) in [7, 11) is 1.20. The van der Waals surface area contributed by atoms with Gasteiger partial charge < -0.3 is 4.74 Å². The van der Waals surface area contributed by atoms with Gasteiger partial charge in [0.05, 0.1) is 7.11 Å². The van der Waals surface area contributed by atoms with E-state index in [4.69, 9.17) is 0 Å². The smallest absolute Gasteiger partial charge is 0.420 e. The van der Waals surface area contributed by atoms with Gasteiger partial charge in [0.15, 0.2) is 0 Å². The van der Waals surface area contributed by atoms with E-state index in [0.717, 1.165) is 0 Å². The Balaban J connectivity index is 3.32. The Morgan fingerprint density at radius 2 is 1.92 bits per heavy atom. The lowest BCUT2D eigenvalue weighted by Crippen LogP contribution is -2.09. The highest BCUT2D eigenvalue weighted by Crippen LogP contribution is 2.38. The summed E-state index contributed by atoms with van der Waals surface area (Å²) in [6.07, 6.45) is -4.41. The minimum atomic E-state index is -4.41. The van der Waals surface area contributed by atoms with Gasteiger partial charge in [-0.3, -0.25) is 0 Å². The van der Waals surface area contributed by atoms with E-state index in [1.54, 1.807) is 0 Å². The van der Waals surface area contributed by atoms with Crippen LogP contribution in [-0.2, 0) is 6.18 Å². The number of rotatable bonds is 1. The summed E-state index contributed by atoms with van der Waals surface area (Å²) >= 11 is 0. The molecule has 0 spiro atoms. The summed E-state index contributed by atoms with van der Waals surface area (Å²) in [5.74, 6) is -0.194. The predicted octanol–water partition coefficient (Wildman–Crippen LogP) is 2.90. The molecule has 1 aromatic rings. The molecule has 0 atom stereocenters. The van der Waals surface area contributed by atoms with Gasteiger partial charge in [-0.25, -0.2) is 0 Å². The summed E-state index contributed by atoms with van der Waals surface area (Å²) in [6, 6.07) is 4.03. The number of ether oxygens (including phenoxy) is 1. The molecule has 1 radical (unpaired) electrons. The summed E-state index contributed by atoms with van der Waals surface area (Å²) in [6.45, 7) is 3.30. The minimum Gasteiger partial charge on any atom is -0.496 e. The van der Waals surface area contributed by atoms with Crippen molar-refractivity contribution < 1.29 is 17.9 Å². The van der Waals surface area contributed by atoms with Crippen molar-refractivity contribution in [3.8, 4) is 5.75 Å². The first-order chi connectivity index (χ1) is 5.96. The van der Waals surface area contributed by atoms with Crippen molar-refractivity contribution in [2.45, 2.75) is 6.18 Å². The molecule has 0 fully saturated rings. The Morgan fingerprint density at radius 1 is 1.31 bits per heavy atom. The molecular formula is C9H8F3O. The number of methoxy groups -OCH3 is 1. The molecule has 4 heteroatoms. The molecule has 71 valence electrons. The molecule has 13 heavy (non-hydrogen) atoms. The van der Waals surface area contributed by atoms with Crippen molar-refractivity contribution in [1.82, 2.24) is 0 Å². The van der Waals surface area contributed by atoms with Gasteiger partial charge in [-0.15, -0.1) is 0 Å². The van der Waals surface area contributed by atoms with Gasteiger partial charge in [0.2, 0.25) is 0 Å². The Kier molecular flexibility index (Phi) is 2.50. The Morgan fingerprint density at radius 3 is 2.31 bits per heavy atom. The van der Waals surface area contributed by atoms with E-state index in [0.29, 0.717) is 0 Å². The third-order valence-corrected chi connectivity index (χ3v) is 1.62. The monoisotopic (exact) mass is 189 g/mol. The maximum absolute atomic E-state index is 12.4. The number of hydrogen-bond acceptors (Lipinski definition) is 1. The van der Waals surface area contributed by atoms with Gasteiger partial charge in [-0.05, 0) is 18.6 Å².